The fourth-order valence-corrected chi connectivity index (χ4v) is 3.03. The second-order valence-electron chi connectivity index (χ2n) is 7.43. The summed E-state index contributed by atoms with van der Waals surface area (Å²) in [5.41, 5.74) is 0. The van der Waals surface area contributed by atoms with Crippen LogP contribution >= 0.6 is 0 Å². The maximum absolute atomic E-state index is 10.8. The van der Waals surface area contributed by atoms with Crippen molar-refractivity contribution in [2.75, 3.05) is 19.8 Å². The molecule has 0 heterocycles. The standard InChI is InChI=1S/C23H44O4/c1-3-4-5-6-7-8-9-10-11-12-13-14-15-16-17-18-19-26-21-23(20-24)27-22(2)25/h10-11,23-24H,3-9,12-21H2,1-2H3/b11-10-. The van der Waals surface area contributed by atoms with Gasteiger partial charge in [0.15, 0.2) is 0 Å². The van der Waals surface area contributed by atoms with E-state index in [0.717, 1.165) is 6.42 Å². The molecular formula is C23H44O4. The molecule has 0 rings (SSSR count). The molecule has 0 amide bonds. The van der Waals surface area contributed by atoms with Crippen LogP contribution in [0.1, 0.15) is 104 Å². The number of allylic oxidation sites excluding steroid dienone is 2. The van der Waals surface area contributed by atoms with Gasteiger partial charge in [-0.2, -0.15) is 0 Å². The van der Waals surface area contributed by atoms with Crippen LogP contribution < -0.4 is 0 Å². The fourth-order valence-electron chi connectivity index (χ4n) is 3.03. The summed E-state index contributed by atoms with van der Waals surface area (Å²) in [6.07, 6.45) is 22.3. The third-order valence-electron chi connectivity index (χ3n) is 4.64. The minimum Gasteiger partial charge on any atom is -0.458 e. The van der Waals surface area contributed by atoms with E-state index in [2.05, 4.69) is 19.1 Å². The van der Waals surface area contributed by atoms with Crippen molar-refractivity contribution in [3.63, 3.8) is 0 Å². The largest absolute Gasteiger partial charge is 0.458 e. The Morgan fingerprint density at radius 1 is 0.852 bits per heavy atom. The molecule has 0 aliphatic heterocycles. The molecule has 0 spiro atoms. The number of carbonyl (C=O) groups is 1. The first kappa shape index (κ1) is 26.1. The normalized spacial score (nSPS) is 12.6. The molecule has 0 bridgehead atoms. The van der Waals surface area contributed by atoms with E-state index in [-0.39, 0.29) is 19.2 Å². The maximum atomic E-state index is 10.8. The van der Waals surface area contributed by atoms with Crippen molar-refractivity contribution in [2.45, 2.75) is 110 Å². The predicted octanol–water partition coefficient (Wildman–Crippen LogP) is 5.96. The van der Waals surface area contributed by atoms with Gasteiger partial charge < -0.3 is 14.6 Å². The summed E-state index contributed by atoms with van der Waals surface area (Å²) in [6, 6.07) is 0. The van der Waals surface area contributed by atoms with E-state index in [1.165, 1.54) is 90.4 Å². The van der Waals surface area contributed by atoms with Gasteiger partial charge in [-0.25, -0.2) is 0 Å². The first-order chi connectivity index (χ1) is 13.2. The summed E-state index contributed by atoms with van der Waals surface area (Å²) in [5.74, 6) is -0.380. The highest BCUT2D eigenvalue weighted by atomic mass is 16.6. The van der Waals surface area contributed by atoms with E-state index in [1.807, 2.05) is 0 Å². The Morgan fingerprint density at radius 3 is 1.89 bits per heavy atom. The molecule has 0 aromatic heterocycles. The van der Waals surface area contributed by atoms with Crippen molar-refractivity contribution < 1.29 is 19.4 Å². The summed E-state index contributed by atoms with van der Waals surface area (Å²) in [5, 5.41) is 9.06. The van der Waals surface area contributed by atoms with E-state index >= 15 is 0 Å². The lowest BCUT2D eigenvalue weighted by Gasteiger charge is -2.14. The quantitative estimate of drug-likeness (QED) is 0.160. The van der Waals surface area contributed by atoms with Gasteiger partial charge >= 0.3 is 5.97 Å². The molecule has 4 nitrogen and oxygen atoms in total. The Morgan fingerprint density at radius 2 is 1.37 bits per heavy atom. The van der Waals surface area contributed by atoms with Gasteiger partial charge in [0.2, 0.25) is 0 Å². The van der Waals surface area contributed by atoms with Crippen molar-refractivity contribution >= 4 is 5.97 Å². The molecule has 1 atom stereocenters. The summed E-state index contributed by atoms with van der Waals surface area (Å²) in [7, 11) is 0. The fraction of sp³-hybridized carbons (Fsp3) is 0.870. The van der Waals surface area contributed by atoms with Gasteiger partial charge in [-0.15, -0.1) is 0 Å². The van der Waals surface area contributed by atoms with Gasteiger partial charge in [-0.1, -0.05) is 76.9 Å². The molecule has 0 saturated carbocycles. The Labute approximate surface area is 167 Å². The molecule has 1 N–H and O–H groups in total. The zero-order valence-electron chi connectivity index (χ0n) is 17.9. The number of carbonyl (C=O) groups excluding carboxylic acids is 1. The average Bonchev–Trinajstić information content (AvgIpc) is 2.65. The third kappa shape index (κ3) is 21.3. The van der Waals surface area contributed by atoms with E-state index in [0.29, 0.717) is 6.61 Å². The van der Waals surface area contributed by atoms with E-state index in [9.17, 15) is 4.79 Å². The Kier molecular flexibility index (Phi) is 20.7. The summed E-state index contributed by atoms with van der Waals surface area (Å²) < 4.78 is 10.4. The van der Waals surface area contributed by atoms with Crippen LogP contribution in [-0.2, 0) is 14.3 Å². The van der Waals surface area contributed by atoms with Crippen molar-refractivity contribution in [2.24, 2.45) is 0 Å². The third-order valence-corrected chi connectivity index (χ3v) is 4.64. The van der Waals surface area contributed by atoms with Gasteiger partial charge in [0.25, 0.3) is 0 Å². The summed E-state index contributed by atoms with van der Waals surface area (Å²) >= 11 is 0. The lowest BCUT2D eigenvalue weighted by molar-refractivity contribution is -0.152. The van der Waals surface area contributed by atoms with Gasteiger partial charge in [0, 0.05) is 13.5 Å². The van der Waals surface area contributed by atoms with Gasteiger partial charge in [-0.05, 0) is 32.1 Å². The molecule has 0 aromatic rings. The molecule has 0 radical (unpaired) electrons. The molecule has 27 heavy (non-hydrogen) atoms. The lowest BCUT2D eigenvalue weighted by atomic mass is 10.1. The van der Waals surface area contributed by atoms with Crippen molar-refractivity contribution in [3.05, 3.63) is 12.2 Å². The molecular weight excluding hydrogens is 340 g/mol. The van der Waals surface area contributed by atoms with Crippen LogP contribution in [0.2, 0.25) is 0 Å². The summed E-state index contributed by atoms with van der Waals surface area (Å²) in [6.45, 7) is 4.36. The van der Waals surface area contributed by atoms with Crippen LogP contribution in [-0.4, -0.2) is 37.0 Å². The van der Waals surface area contributed by atoms with Crippen LogP contribution in [0.15, 0.2) is 12.2 Å². The number of esters is 1. The Bertz CT molecular complexity index is 341. The van der Waals surface area contributed by atoms with Crippen molar-refractivity contribution in [1.82, 2.24) is 0 Å². The van der Waals surface area contributed by atoms with Crippen LogP contribution in [0.4, 0.5) is 0 Å². The van der Waals surface area contributed by atoms with Gasteiger partial charge in [0.05, 0.1) is 13.2 Å². The number of hydrogen-bond donors (Lipinski definition) is 1. The SMILES string of the molecule is CCCCCCCC/C=C\CCCCCCCCOCC(CO)OC(C)=O. The molecule has 0 aliphatic carbocycles. The van der Waals surface area contributed by atoms with E-state index < -0.39 is 6.10 Å². The molecule has 4 heteroatoms. The highest BCUT2D eigenvalue weighted by Gasteiger charge is 2.10. The van der Waals surface area contributed by atoms with Gasteiger partial charge in [0.1, 0.15) is 6.10 Å². The van der Waals surface area contributed by atoms with Crippen LogP contribution in [0.5, 0.6) is 0 Å². The minimum absolute atomic E-state index is 0.188. The molecule has 0 fully saturated rings. The zero-order chi connectivity index (χ0) is 20.0. The summed E-state index contributed by atoms with van der Waals surface area (Å²) in [4.78, 5) is 10.8. The highest BCUT2D eigenvalue weighted by Crippen LogP contribution is 2.10. The van der Waals surface area contributed by atoms with Crippen LogP contribution in [0, 0.1) is 0 Å². The first-order valence-electron chi connectivity index (χ1n) is 11.2. The molecule has 0 aliphatic rings. The van der Waals surface area contributed by atoms with Crippen LogP contribution in [0.3, 0.4) is 0 Å². The second kappa shape index (κ2) is 21.4. The lowest BCUT2D eigenvalue weighted by Crippen LogP contribution is -2.26. The first-order valence-corrected chi connectivity index (χ1v) is 11.2. The van der Waals surface area contributed by atoms with Crippen molar-refractivity contribution in [1.29, 1.82) is 0 Å². The average molecular weight is 385 g/mol. The van der Waals surface area contributed by atoms with Crippen molar-refractivity contribution in [3.8, 4) is 0 Å². The number of aliphatic hydroxyl groups is 1. The maximum Gasteiger partial charge on any atom is 0.303 e. The Hall–Kier alpha value is -0.870. The topological polar surface area (TPSA) is 55.8 Å². The van der Waals surface area contributed by atoms with Crippen LogP contribution in [0.25, 0.3) is 0 Å². The zero-order valence-corrected chi connectivity index (χ0v) is 17.9. The van der Waals surface area contributed by atoms with E-state index in [1.54, 1.807) is 0 Å². The number of aliphatic hydroxyl groups excluding tert-OH is 1. The predicted molar refractivity (Wildman–Crippen MR) is 113 cm³/mol. The monoisotopic (exact) mass is 384 g/mol. The number of ether oxygens (including phenoxy) is 2. The minimum atomic E-state index is -0.531. The highest BCUT2D eigenvalue weighted by molar-refractivity contribution is 5.66. The second-order valence-corrected chi connectivity index (χ2v) is 7.43. The number of hydrogen-bond acceptors (Lipinski definition) is 4. The Balaban J connectivity index is 3.22. The number of rotatable bonds is 20. The number of unbranched alkanes of at least 4 members (excludes halogenated alkanes) is 12. The smallest absolute Gasteiger partial charge is 0.303 e. The molecule has 160 valence electrons. The van der Waals surface area contributed by atoms with Gasteiger partial charge in [-0.3, -0.25) is 4.79 Å². The molecule has 0 saturated heterocycles. The van der Waals surface area contributed by atoms with E-state index in [4.69, 9.17) is 14.6 Å². The molecule has 1 unspecified atom stereocenters. The molecule has 0 aromatic carbocycles.